The fourth-order valence-corrected chi connectivity index (χ4v) is 3.00. The topological polar surface area (TPSA) is 107 Å². The van der Waals surface area contributed by atoms with Crippen molar-refractivity contribution in [3.63, 3.8) is 0 Å². The van der Waals surface area contributed by atoms with E-state index in [0.29, 0.717) is 21.5 Å². The van der Waals surface area contributed by atoms with Gasteiger partial charge in [-0.25, -0.2) is 9.67 Å². The summed E-state index contributed by atoms with van der Waals surface area (Å²) in [5, 5.41) is 18.0. The minimum atomic E-state index is -4.88. The van der Waals surface area contributed by atoms with Crippen LogP contribution in [0, 0.1) is 0 Å². The Labute approximate surface area is 161 Å². The van der Waals surface area contributed by atoms with Crippen LogP contribution < -0.4 is 5.73 Å². The lowest BCUT2D eigenvalue weighted by Gasteiger charge is -2.26. The fourth-order valence-electron chi connectivity index (χ4n) is 2.74. The van der Waals surface area contributed by atoms with Crippen LogP contribution in [-0.4, -0.2) is 37.2 Å². The van der Waals surface area contributed by atoms with E-state index in [2.05, 4.69) is 15.3 Å². The van der Waals surface area contributed by atoms with Gasteiger partial charge < -0.3 is 10.8 Å². The fraction of sp³-hybridized carbons (Fsp3) is 0.294. The molecule has 28 heavy (non-hydrogen) atoms. The largest absolute Gasteiger partial charge is 0.423 e. The molecule has 1 unspecified atom stereocenters. The van der Waals surface area contributed by atoms with E-state index in [1.165, 1.54) is 17.7 Å². The van der Waals surface area contributed by atoms with Crippen molar-refractivity contribution in [1.82, 2.24) is 20.0 Å². The first kappa shape index (κ1) is 20.0. The van der Waals surface area contributed by atoms with E-state index in [0.717, 1.165) is 6.20 Å². The van der Waals surface area contributed by atoms with Crippen LogP contribution in [0.15, 0.2) is 30.5 Å². The number of rotatable bonds is 5. The van der Waals surface area contributed by atoms with E-state index in [1.807, 2.05) is 0 Å². The zero-order valence-electron chi connectivity index (χ0n) is 14.5. The van der Waals surface area contributed by atoms with Crippen molar-refractivity contribution in [1.29, 1.82) is 0 Å². The molecule has 2 aromatic heterocycles. The average Bonchev–Trinajstić information content (AvgIpc) is 3.08. The number of hydrogen-bond donors (Lipinski definition) is 2. The van der Waals surface area contributed by atoms with Gasteiger partial charge >= 0.3 is 6.18 Å². The number of primary amides is 1. The molecule has 3 rings (SSSR count). The highest BCUT2D eigenvalue weighted by Gasteiger charge is 2.55. The van der Waals surface area contributed by atoms with Gasteiger partial charge in [-0.3, -0.25) is 4.79 Å². The van der Waals surface area contributed by atoms with Crippen LogP contribution in [0.3, 0.4) is 0 Å². The number of aliphatic hydroxyl groups is 1. The maximum atomic E-state index is 13.2. The summed E-state index contributed by atoms with van der Waals surface area (Å²) in [4.78, 5) is 15.5. The predicted molar refractivity (Wildman–Crippen MR) is 94.6 cm³/mol. The number of pyridine rings is 1. The summed E-state index contributed by atoms with van der Waals surface area (Å²) >= 11 is 6.12. The smallest absolute Gasteiger partial charge is 0.375 e. The van der Waals surface area contributed by atoms with Crippen molar-refractivity contribution in [2.45, 2.75) is 31.7 Å². The summed E-state index contributed by atoms with van der Waals surface area (Å²) < 4.78 is 40.6. The first-order valence-electron chi connectivity index (χ1n) is 8.14. The summed E-state index contributed by atoms with van der Waals surface area (Å²) in [6, 6.07) is 6.33. The first-order chi connectivity index (χ1) is 13.0. The van der Waals surface area contributed by atoms with Crippen molar-refractivity contribution >= 4 is 28.4 Å². The molecule has 148 valence electrons. The molecule has 3 aromatic rings. The molecule has 3 N–H and O–H groups in total. The Bertz CT molecular complexity index is 1050. The third kappa shape index (κ3) is 3.52. The highest BCUT2D eigenvalue weighted by atomic mass is 35.5. The molecule has 1 aromatic carbocycles. The lowest BCUT2D eigenvalue weighted by Crippen LogP contribution is -2.42. The van der Waals surface area contributed by atoms with E-state index >= 15 is 0 Å². The molecule has 0 aliphatic heterocycles. The molecule has 1 atom stereocenters. The standard InChI is InChI=1S/C17H15ClF3N5O2/c1-2-16(28,17(19,20)21)14-8-26(25-24-14)7-9-3-4-10-11(18)6-13(15(22)27)23-12(10)5-9/h3-6,8,28H,2,7H2,1H3,(H2,22,27). The molecule has 0 aliphatic carbocycles. The summed E-state index contributed by atoms with van der Waals surface area (Å²) in [6.45, 7) is 1.28. The maximum absolute atomic E-state index is 13.2. The minimum Gasteiger partial charge on any atom is -0.375 e. The van der Waals surface area contributed by atoms with Gasteiger partial charge in [-0.15, -0.1) is 5.10 Å². The lowest BCUT2D eigenvalue weighted by atomic mass is 9.96. The number of benzene rings is 1. The Morgan fingerprint density at radius 3 is 2.64 bits per heavy atom. The second-order valence-electron chi connectivity index (χ2n) is 6.22. The quantitative estimate of drug-likeness (QED) is 0.668. The van der Waals surface area contributed by atoms with Gasteiger partial charge in [-0.05, 0) is 24.1 Å². The Morgan fingerprint density at radius 2 is 2.04 bits per heavy atom. The maximum Gasteiger partial charge on any atom is 0.423 e. The van der Waals surface area contributed by atoms with Crippen LogP contribution in [0.4, 0.5) is 13.2 Å². The van der Waals surface area contributed by atoms with E-state index < -0.39 is 29.8 Å². The predicted octanol–water partition coefficient (Wildman–Crippen LogP) is 2.79. The molecule has 1 amide bonds. The number of aromatic nitrogens is 4. The van der Waals surface area contributed by atoms with Gasteiger partial charge in [0.2, 0.25) is 5.60 Å². The van der Waals surface area contributed by atoms with Crippen molar-refractivity contribution in [3.8, 4) is 0 Å². The van der Waals surface area contributed by atoms with Gasteiger partial charge in [-0.2, -0.15) is 13.2 Å². The van der Waals surface area contributed by atoms with Crippen molar-refractivity contribution < 1.29 is 23.1 Å². The normalized spacial score (nSPS) is 14.2. The molecule has 0 bridgehead atoms. The lowest BCUT2D eigenvalue weighted by molar-refractivity contribution is -0.269. The first-order valence-corrected chi connectivity index (χ1v) is 8.51. The minimum absolute atomic E-state index is 0.00382. The van der Waals surface area contributed by atoms with Crippen LogP contribution >= 0.6 is 11.6 Å². The molecule has 7 nitrogen and oxygen atoms in total. The number of carbonyl (C=O) groups is 1. The van der Waals surface area contributed by atoms with E-state index in [9.17, 15) is 23.1 Å². The molecule has 0 saturated carbocycles. The molecule has 0 saturated heterocycles. The Kier molecular flexibility index (Phi) is 5.02. The molecule has 11 heteroatoms. The van der Waals surface area contributed by atoms with Gasteiger partial charge in [0.25, 0.3) is 5.91 Å². The summed E-state index contributed by atoms with van der Waals surface area (Å²) in [5.41, 5.74) is 2.60. The summed E-state index contributed by atoms with van der Waals surface area (Å²) in [7, 11) is 0. The number of hydrogen-bond acceptors (Lipinski definition) is 5. The second-order valence-corrected chi connectivity index (χ2v) is 6.63. The van der Waals surface area contributed by atoms with E-state index in [1.54, 1.807) is 18.2 Å². The highest BCUT2D eigenvalue weighted by Crippen LogP contribution is 2.40. The third-order valence-corrected chi connectivity index (χ3v) is 4.68. The molecule has 2 heterocycles. The van der Waals surface area contributed by atoms with Gasteiger partial charge in [0.05, 0.1) is 23.3 Å². The molecule has 0 fully saturated rings. The van der Waals surface area contributed by atoms with Gasteiger partial charge in [0.15, 0.2) is 0 Å². The monoisotopic (exact) mass is 413 g/mol. The van der Waals surface area contributed by atoms with Gasteiger partial charge in [0.1, 0.15) is 11.4 Å². The van der Waals surface area contributed by atoms with Gasteiger partial charge in [0, 0.05) is 5.39 Å². The number of fused-ring (bicyclic) bond motifs is 1. The number of alkyl halides is 3. The van der Waals surface area contributed by atoms with Gasteiger partial charge in [-0.1, -0.05) is 35.9 Å². The summed E-state index contributed by atoms with van der Waals surface area (Å²) in [5.74, 6) is -0.735. The Morgan fingerprint density at radius 1 is 1.32 bits per heavy atom. The van der Waals surface area contributed by atoms with Crippen LogP contribution in [0.5, 0.6) is 0 Å². The number of amides is 1. The highest BCUT2D eigenvalue weighted by molar-refractivity contribution is 6.35. The SMILES string of the molecule is CCC(O)(c1cn(Cc2ccc3c(Cl)cc(C(N)=O)nc3c2)nn1)C(F)(F)F. The number of carbonyl (C=O) groups excluding carboxylic acids is 1. The third-order valence-electron chi connectivity index (χ3n) is 4.36. The van der Waals surface area contributed by atoms with Crippen molar-refractivity contribution in [2.75, 3.05) is 0 Å². The van der Waals surface area contributed by atoms with Crippen molar-refractivity contribution in [2.24, 2.45) is 5.73 Å². The number of nitrogens with zero attached hydrogens (tertiary/aromatic N) is 4. The molecule has 0 radical (unpaired) electrons. The summed E-state index contributed by atoms with van der Waals surface area (Å²) in [6.07, 6.45) is -4.43. The van der Waals surface area contributed by atoms with Crippen LogP contribution in [0.2, 0.25) is 5.02 Å². The van der Waals surface area contributed by atoms with Crippen LogP contribution in [0.1, 0.15) is 35.1 Å². The van der Waals surface area contributed by atoms with Crippen LogP contribution in [0.25, 0.3) is 10.9 Å². The van der Waals surface area contributed by atoms with E-state index in [-0.39, 0.29) is 12.2 Å². The molecule has 0 aliphatic rings. The van der Waals surface area contributed by atoms with Crippen molar-refractivity contribution in [3.05, 3.63) is 52.4 Å². The number of nitrogens with two attached hydrogens (primary N) is 1. The number of halogens is 4. The molecular weight excluding hydrogens is 399 g/mol. The molecular formula is C17H15ClF3N5O2. The zero-order valence-corrected chi connectivity index (χ0v) is 15.3. The van der Waals surface area contributed by atoms with Crippen LogP contribution in [-0.2, 0) is 12.1 Å². The Balaban J connectivity index is 1.93. The average molecular weight is 414 g/mol. The van der Waals surface area contributed by atoms with E-state index in [4.69, 9.17) is 17.3 Å². The zero-order chi connectivity index (χ0) is 20.7. The second kappa shape index (κ2) is 7.02. The molecule has 0 spiro atoms. The Hall–Kier alpha value is -2.72.